The molecule has 0 bridgehead atoms. The van der Waals surface area contributed by atoms with Crippen molar-refractivity contribution < 1.29 is 9.59 Å². The predicted molar refractivity (Wildman–Crippen MR) is 81.5 cm³/mol. The minimum atomic E-state index is -0.614. The largest absolute Gasteiger partial charge is 0.366 e. The molecule has 1 heterocycles. The molecular weight excluding hydrogens is 301 g/mol. The maximum Gasteiger partial charge on any atom is 0.250 e. The van der Waals surface area contributed by atoms with Crippen LogP contribution in [0.1, 0.15) is 29.6 Å². The number of hydrogen-bond donors (Lipinski definition) is 3. The van der Waals surface area contributed by atoms with E-state index in [1.807, 2.05) is 0 Å². The fourth-order valence-corrected chi connectivity index (χ4v) is 2.31. The third-order valence-electron chi connectivity index (χ3n) is 3.13. The monoisotopic (exact) mass is 317 g/mol. The molecule has 1 aliphatic rings. The third kappa shape index (κ3) is 4.10. The van der Waals surface area contributed by atoms with Crippen molar-refractivity contribution in [1.82, 2.24) is 5.32 Å². The lowest BCUT2D eigenvalue weighted by atomic mass is 10.0. The van der Waals surface area contributed by atoms with E-state index in [2.05, 4.69) is 10.6 Å². The van der Waals surface area contributed by atoms with E-state index < -0.39 is 5.91 Å². The van der Waals surface area contributed by atoms with Crippen molar-refractivity contribution in [2.45, 2.75) is 25.3 Å². The average molecular weight is 318 g/mol. The number of carbonyl (C=O) groups excluding carboxylic acids is 2. The Hall–Kier alpha value is -1.30. The van der Waals surface area contributed by atoms with E-state index in [4.69, 9.17) is 17.3 Å². The third-order valence-corrected chi connectivity index (χ3v) is 3.46. The van der Waals surface area contributed by atoms with E-state index in [1.165, 1.54) is 6.07 Å². The normalized spacial score (nSPS) is 17.9. The lowest BCUT2D eigenvalue weighted by Gasteiger charge is -2.22. The Labute approximate surface area is 128 Å². The molecule has 0 unspecified atom stereocenters. The van der Waals surface area contributed by atoms with Crippen molar-refractivity contribution in [1.29, 1.82) is 0 Å². The number of nitrogens with one attached hydrogen (secondary N) is 2. The van der Waals surface area contributed by atoms with Gasteiger partial charge in [0, 0.05) is 5.69 Å². The molecule has 1 aliphatic heterocycles. The lowest BCUT2D eigenvalue weighted by molar-refractivity contribution is -0.118. The summed E-state index contributed by atoms with van der Waals surface area (Å²) in [5.74, 6) is -0.714. The molecule has 20 heavy (non-hydrogen) atoms. The van der Waals surface area contributed by atoms with Crippen molar-refractivity contribution in [2.24, 2.45) is 5.73 Å². The van der Waals surface area contributed by atoms with Crippen molar-refractivity contribution in [2.75, 3.05) is 11.9 Å². The first kappa shape index (κ1) is 16.8. The van der Waals surface area contributed by atoms with Gasteiger partial charge in [0.2, 0.25) is 11.8 Å². The predicted octanol–water partition coefficient (Wildman–Crippen LogP) is 1.94. The van der Waals surface area contributed by atoms with E-state index in [-0.39, 0.29) is 34.9 Å². The highest BCUT2D eigenvalue weighted by Crippen LogP contribution is 2.20. The zero-order valence-electron chi connectivity index (χ0n) is 10.8. The van der Waals surface area contributed by atoms with Gasteiger partial charge in [-0.05, 0) is 37.6 Å². The van der Waals surface area contributed by atoms with Crippen LogP contribution in [0.2, 0.25) is 5.02 Å². The van der Waals surface area contributed by atoms with Gasteiger partial charge in [0.1, 0.15) is 0 Å². The second kappa shape index (κ2) is 7.47. The molecule has 5 nitrogen and oxygen atoms in total. The van der Waals surface area contributed by atoms with Gasteiger partial charge in [-0.25, -0.2) is 0 Å². The molecule has 0 spiro atoms. The van der Waals surface area contributed by atoms with Crippen molar-refractivity contribution in [3.63, 3.8) is 0 Å². The first-order valence-corrected chi connectivity index (χ1v) is 6.59. The molecule has 4 N–H and O–H groups in total. The molecule has 1 saturated heterocycles. The molecule has 1 fully saturated rings. The summed E-state index contributed by atoms with van der Waals surface area (Å²) in [6.07, 6.45) is 2.96. The highest BCUT2D eigenvalue weighted by Gasteiger charge is 2.20. The Morgan fingerprint density at radius 3 is 2.70 bits per heavy atom. The zero-order chi connectivity index (χ0) is 13.8. The van der Waals surface area contributed by atoms with E-state index in [1.54, 1.807) is 12.1 Å². The van der Waals surface area contributed by atoms with E-state index in [0.29, 0.717) is 5.69 Å². The number of halogens is 2. The molecule has 2 amide bonds. The number of carbonyl (C=O) groups is 2. The van der Waals surface area contributed by atoms with E-state index >= 15 is 0 Å². The van der Waals surface area contributed by atoms with Gasteiger partial charge < -0.3 is 16.4 Å². The van der Waals surface area contributed by atoms with Gasteiger partial charge in [-0.3, -0.25) is 9.59 Å². The van der Waals surface area contributed by atoms with Crippen molar-refractivity contribution >= 4 is 41.5 Å². The van der Waals surface area contributed by atoms with Crippen LogP contribution in [-0.2, 0) is 4.79 Å². The number of nitrogens with two attached hydrogens (primary N) is 1. The SMILES string of the molecule is Cl.NC(=O)c1cc(NC(=O)[C@@H]2CCCCN2)ccc1Cl. The Kier molecular flexibility index (Phi) is 6.26. The summed E-state index contributed by atoms with van der Waals surface area (Å²) in [4.78, 5) is 23.2. The highest BCUT2D eigenvalue weighted by atomic mass is 35.5. The summed E-state index contributed by atoms with van der Waals surface area (Å²) in [5.41, 5.74) is 5.94. The Balaban J connectivity index is 0.00000200. The maximum atomic E-state index is 12.0. The van der Waals surface area contributed by atoms with Crippen LogP contribution >= 0.6 is 24.0 Å². The molecule has 2 rings (SSSR count). The minimum Gasteiger partial charge on any atom is -0.366 e. The second-order valence-electron chi connectivity index (χ2n) is 4.55. The van der Waals surface area contributed by atoms with Gasteiger partial charge in [0.25, 0.3) is 0 Å². The zero-order valence-corrected chi connectivity index (χ0v) is 12.4. The van der Waals surface area contributed by atoms with Gasteiger partial charge in [0.15, 0.2) is 0 Å². The van der Waals surface area contributed by atoms with Crippen LogP contribution in [0.4, 0.5) is 5.69 Å². The fraction of sp³-hybridized carbons (Fsp3) is 0.385. The maximum absolute atomic E-state index is 12.0. The summed E-state index contributed by atoms with van der Waals surface area (Å²) in [7, 11) is 0. The van der Waals surface area contributed by atoms with Gasteiger partial charge in [-0.15, -0.1) is 12.4 Å². The quantitative estimate of drug-likeness (QED) is 0.796. The van der Waals surface area contributed by atoms with Crippen LogP contribution in [0, 0.1) is 0 Å². The van der Waals surface area contributed by atoms with E-state index in [9.17, 15) is 9.59 Å². The van der Waals surface area contributed by atoms with Crippen molar-refractivity contribution in [3.8, 4) is 0 Å². The Bertz CT molecular complexity index is 502. The summed E-state index contributed by atoms with van der Waals surface area (Å²) in [6, 6.07) is 4.51. The number of benzene rings is 1. The van der Waals surface area contributed by atoms with Gasteiger partial charge in [0.05, 0.1) is 16.6 Å². The Morgan fingerprint density at radius 1 is 1.35 bits per heavy atom. The lowest BCUT2D eigenvalue weighted by Crippen LogP contribution is -2.43. The van der Waals surface area contributed by atoms with Gasteiger partial charge in [-0.1, -0.05) is 18.0 Å². The first-order valence-electron chi connectivity index (χ1n) is 6.21. The second-order valence-corrected chi connectivity index (χ2v) is 4.96. The number of rotatable bonds is 3. The number of primary amides is 1. The molecule has 110 valence electrons. The Morgan fingerprint density at radius 2 is 2.10 bits per heavy atom. The van der Waals surface area contributed by atoms with Crippen LogP contribution < -0.4 is 16.4 Å². The number of amides is 2. The number of hydrogen-bond acceptors (Lipinski definition) is 3. The molecule has 0 saturated carbocycles. The van der Waals surface area contributed by atoms with Crippen LogP contribution in [0.5, 0.6) is 0 Å². The topological polar surface area (TPSA) is 84.2 Å². The number of anilines is 1. The molecule has 1 aromatic carbocycles. The molecule has 1 atom stereocenters. The fourth-order valence-electron chi connectivity index (χ4n) is 2.10. The molecule has 1 aromatic rings. The highest BCUT2D eigenvalue weighted by molar-refractivity contribution is 6.34. The molecule has 0 aromatic heterocycles. The first-order chi connectivity index (χ1) is 9.08. The summed E-state index contributed by atoms with van der Waals surface area (Å²) in [6.45, 7) is 0.852. The van der Waals surface area contributed by atoms with Crippen LogP contribution in [0.3, 0.4) is 0 Å². The molecule has 7 heteroatoms. The van der Waals surface area contributed by atoms with Crippen LogP contribution in [-0.4, -0.2) is 24.4 Å². The standard InChI is InChI=1S/C13H16ClN3O2.ClH/c14-10-5-4-8(7-9(10)12(15)18)17-13(19)11-3-1-2-6-16-11;/h4-5,7,11,16H,1-3,6H2,(H2,15,18)(H,17,19);1H/t11-;/m0./s1. The molecule has 0 aliphatic carbocycles. The minimum absolute atomic E-state index is 0. The van der Waals surface area contributed by atoms with Crippen molar-refractivity contribution in [3.05, 3.63) is 28.8 Å². The van der Waals surface area contributed by atoms with Gasteiger partial charge >= 0.3 is 0 Å². The number of piperidine rings is 1. The van der Waals surface area contributed by atoms with E-state index in [0.717, 1.165) is 25.8 Å². The molecular formula is C13H17Cl2N3O2. The summed E-state index contributed by atoms with van der Waals surface area (Å²) < 4.78 is 0. The molecule has 0 radical (unpaired) electrons. The van der Waals surface area contributed by atoms with Crippen LogP contribution in [0.25, 0.3) is 0 Å². The van der Waals surface area contributed by atoms with Crippen LogP contribution in [0.15, 0.2) is 18.2 Å². The summed E-state index contributed by atoms with van der Waals surface area (Å²) >= 11 is 5.85. The smallest absolute Gasteiger partial charge is 0.250 e. The average Bonchev–Trinajstić information content (AvgIpc) is 2.41. The summed E-state index contributed by atoms with van der Waals surface area (Å²) in [5, 5.41) is 6.20. The van der Waals surface area contributed by atoms with Gasteiger partial charge in [-0.2, -0.15) is 0 Å².